The lowest BCUT2D eigenvalue weighted by molar-refractivity contribution is -0.0902. The fourth-order valence-electron chi connectivity index (χ4n) is 1.29. The van der Waals surface area contributed by atoms with Crippen molar-refractivity contribution in [1.82, 2.24) is 4.98 Å². The molecule has 78 valence electrons. The first-order valence-electron chi connectivity index (χ1n) is 4.67. The van der Waals surface area contributed by atoms with Crippen LogP contribution < -0.4 is 5.73 Å². The minimum atomic E-state index is -0.00971. The monoisotopic (exact) mass is 214 g/mol. The average Bonchev–Trinajstić information content (AvgIpc) is 2.68. The van der Waals surface area contributed by atoms with Crippen LogP contribution in [0.15, 0.2) is 5.38 Å². The van der Waals surface area contributed by atoms with Gasteiger partial charge in [-0.25, -0.2) is 4.98 Å². The Morgan fingerprint density at radius 1 is 1.64 bits per heavy atom. The van der Waals surface area contributed by atoms with Gasteiger partial charge in [-0.3, -0.25) is 0 Å². The van der Waals surface area contributed by atoms with Crippen LogP contribution >= 0.6 is 11.3 Å². The van der Waals surface area contributed by atoms with E-state index in [9.17, 15) is 0 Å². The van der Waals surface area contributed by atoms with Crippen molar-refractivity contribution >= 4 is 11.3 Å². The van der Waals surface area contributed by atoms with E-state index < -0.39 is 0 Å². The highest BCUT2D eigenvalue weighted by Gasteiger charge is 2.20. The molecule has 2 atom stereocenters. The Labute approximate surface area is 87.0 Å². The summed E-state index contributed by atoms with van der Waals surface area (Å²) < 4.78 is 10.9. The molecule has 2 unspecified atom stereocenters. The molecule has 0 aliphatic carbocycles. The van der Waals surface area contributed by atoms with E-state index in [1.807, 2.05) is 12.3 Å². The molecule has 0 aromatic carbocycles. The van der Waals surface area contributed by atoms with Crippen LogP contribution in [0.2, 0.25) is 0 Å². The topological polar surface area (TPSA) is 57.4 Å². The van der Waals surface area contributed by atoms with Gasteiger partial charge < -0.3 is 15.2 Å². The first-order valence-corrected chi connectivity index (χ1v) is 5.55. The number of aromatic nitrogens is 1. The number of nitrogens with zero attached hydrogens (tertiary/aromatic N) is 1. The van der Waals surface area contributed by atoms with Crippen LogP contribution in [0, 0.1) is 0 Å². The van der Waals surface area contributed by atoms with Crippen molar-refractivity contribution in [2.75, 3.05) is 19.8 Å². The number of thiazole rings is 1. The van der Waals surface area contributed by atoms with Gasteiger partial charge in [-0.1, -0.05) is 0 Å². The molecule has 4 nitrogen and oxygen atoms in total. The first kappa shape index (κ1) is 10.0. The molecule has 1 aromatic rings. The maximum atomic E-state index is 5.73. The van der Waals surface area contributed by atoms with Gasteiger partial charge in [0.15, 0.2) is 0 Å². The Morgan fingerprint density at radius 3 is 3.07 bits per heavy atom. The van der Waals surface area contributed by atoms with Crippen LogP contribution in [0.3, 0.4) is 0 Å². The molecule has 1 aromatic heterocycles. The predicted molar refractivity (Wildman–Crippen MR) is 54.2 cm³/mol. The minimum Gasteiger partial charge on any atom is -0.376 e. The Bertz CT molecular complexity index is 295. The van der Waals surface area contributed by atoms with Gasteiger partial charge in [0.25, 0.3) is 0 Å². The fourth-order valence-corrected chi connectivity index (χ4v) is 2.24. The van der Waals surface area contributed by atoms with E-state index in [0.717, 1.165) is 10.7 Å². The molecule has 14 heavy (non-hydrogen) atoms. The predicted octanol–water partition coefficient (Wildman–Crippen LogP) is 1.25. The van der Waals surface area contributed by atoms with Crippen molar-refractivity contribution in [2.24, 2.45) is 5.73 Å². The van der Waals surface area contributed by atoms with Crippen molar-refractivity contribution in [3.63, 3.8) is 0 Å². The lowest BCUT2D eigenvalue weighted by Crippen LogP contribution is -2.21. The summed E-state index contributed by atoms with van der Waals surface area (Å²) in [5, 5.41) is 2.95. The molecule has 2 rings (SSSR count). The third-order valence-electron chi connectivity index (χ3n) is 2.10. The van der Waals surface area contributed by atoms with Crippen LogP contribution in [0.1, 0.15) is 29.8 Å². The summed E-state index contributed by atoms with van der Waals surface area (Å²) in [4.78, 5) is 4.42. The average molecular weight is 214 g/mol. The molecule has 0 spiro atoms. The van der Waals surface area contributed by atoms with E-state index in [2.05, 4.69) is 4.98 Å². The fraction of sp³-hybridized carbons (Fsp3) is 0.667. The Hall–Kier alpha value is -0.490. The molecule has 0 saturated carbocycles. The van der Waals surface area contributed by atoms with Crippen molar-refractivity contribution in [3.8, 4) is 0 Å². The molecule has 1 aliphatic rings. The van der Waals surface area contributed by atoms with Gasteiger partial charge in [-0.15, -0.1) is 11.3 Å². The summed E-state index contributed by atoms with van der Waals surface area (Å²) >= 11 is 1.59. The molecule has 1 aliphatic heterocycles. The molecule has 1 fully saturated rings. The summed E-state index contributed by atoms with van der Waals surface area (Å²) in [7, 11) is 0. The van der Waals surface area contributed by atoms with Gasteiger partial charge in [-0.05, 0) is 6.92 Å². The minimum absolute atomic E-state index is 0.00116. The third kappa shape index (κ3) is 2.12. The molecule has 2 heterocycles. The number of hydrogen-bond donors (Lipinski definition) is 1. The van der Waals surface area contributed by atoms with Crippen molar-refractivity contribution in [2.45, 2.75) is 19.1 Å². The van der Waals surface area contributed by atoms with E-state index in [1.165, 1.54) is 0 Å². The molecular formula is C9H14N2O2S. The van der Waals surface area contributed by atoms with E-state index in [4.69, 9.17) is 15.2 Å². The van der Waals surface area contributed by atoms with Gasteiger partial charge in [0.1, 0.15) is 11.1 Å². The standard InChI is InChI=1S/C9H14N2O2S/c1-6(10)7-5-14-9(11-7)8-4-12-2-3-13-8/h5-6,8H,2-4,10H2,1H3. The summed E-state index contributed by atoms with van der Waals surface area (Å²) in [6.45, 7) is 3.86. The molecule has 0 bridgehead atoms. The highest BCUT2D eigenvalue weighted by Crippen LogP contribution is 2.25. The molecular weight excluding hydrogens is 200 g/mol. The largest absolute Gasteiger partial charge is 0.376 e. The highest BCUT2D eigenvalue weighted by molar-refractivity contribution is 7.09. The highest BCUT2D eigenvalue weighted by atomic mass is 32.1. The second kappa shape index (κ2) is 4.35. The van der Waals surface area contributed by atoms with Crippen molar-refractivity contribution in [3.05, 3.63) is 16.1 Å². The Balaban J connectivity index is 2.07. The molecule has 2 N–H and O–H groups in total. The summed E-state index contributed by atoms with van der Waals surface area (Å²) in [6, 6.07) is -0.00971. The van der Waals surface area contributed by atoms with Crippen LogP contribution in [0.5, 0.6) is 0 Å². The lowest BCUT2D eigenvalue weighted by atomic mass is 10.3. The number of rotatable bonds is 2. The summed E-state index contributed by atoms with van der Waals surface area (Å²) in [5.41, 5.74) is 6.66. The second-order valence-electron chi connectivity index (χ2n) is 3.33. The number of nitrogens with two attached hydrogens (primary N) is 1. The quantitative estimate of drug-likeness (QED) is 0.805. The van der Waals surface area contributed by atoms with Gasteiger partial charge in [0.2, 0.25) is 0 Å². The van der Waals surface area contributed by atoms with Crippen LogP contribution in [0.4, 0.5) is 0 Å². The van der Waals surface area contributed by atoms with Crippen LogP contribution in [-0.2, 0) is 9.47 Å². The van der Waals surface area contributed by atoms with Crippen molar-refractivity contribution < 1.29 is 9.47 Å². The molecule has 1 saturated heterocycles. The van der Waals surface area contributed by atoms with E-state index in [0.29, 0.717) is 19.8 Å². The maximum Gasteiger partial charge on any atom is 0.132 e. The summed E-state index contributed by atoms with van der Waals surface area (Å²) in [5.74, 6) is 0. The molecule has 0 amide bonds. The third-order valence-corrected chi connectivity index (χ3v) is 3.05. The smallest absolute Gasteiger partial charge is 0.132 e. The zero-order chi connectivity index (χ0) is 9.97. The van der Waals surface area contributed by atoms with Crippen LogP contribution in [0.25, 0.3) is 0 Å². The van der Waals surface area contributed by atoms with Crippen LogP contribution in [-0.4, -0.2) is 24.8 Å². The number of ether oxygens (including phenoxy) is 2. The Morgan fingerprint density at radius 2 is 2.50 bits per heavy atom. The first-order chi connectivity index (χ1) is 6.77. The molecule has 5 heteroatoms. The van der Waals surface area contributed by atoms with E-state index in [1.54, 1.807) is 11.3 Å². The second-order valence-corrected chi connectivity index (χ2v) is 4.22. The molecule has 0 radical (unpaired) electrons. The van der Waals surface area contributed by atoms with E-state index in [-0.39, 0.29) is 12.1 Å². The van der Waals surface area contributed by atoms with Gasteiger partial charge >= 0.3 is 0 Å². The van der Waals surface area contributed by atoms with Crippen molar-refractivity contribution in [1.29, 1.82) is 0 Å². The van der Waals surface area contributed by atoms with Gasteiger partial charge in [0.05, 0.1) is 25.5 Å². The lowest BCUT2D eigenvalue weighted by Gasteiger charge is -2.20. The Kier molecular flexibility index (Phi) is 3.12. The zero-order valence-corrected chi connectivity index (χ0v) is 8.92. The zero-order valence-electron chi connectivity index (χ0n) is 8.10. The number of hydrogen-bond acceptors (Lipinski definition) is 5. The normalized spacial score (nSPS) is 24.9. The van der Waals surface area contributed by atoms with E-state index >= 15 is 0 Å². The summed E-state index contributed by atoms with van der Waals surface area (Å²) in [6.07, 6.45) is 0.00116. The SMILES string of the molecule is CC(N)c1csc(C2COCCO2)n1. The maximum absolute atomic E-state index is 5.73. The van der Waals surface area contributed by atoms with Gasteiger partial charge in [-0.2, -0.15) is 0 Å². The van der Waals surface area contributed by atoms with Gasteiger partial charge in [0, 0.05) is 11.4 Å².